The number of benzene rings is 2. The molecule has 2 rings (SSSR count). The molecule has 0 spiro atoms. The van der Waals surface area contributed by atoms with Crippen molar-refractivity contribution < 1.29 is 13.9 Å². The Morgan fingerprint density at radius 3 is 2.28 bits per heavy atom. The molecule has 0 amide bonds. The van der Waals surface area contributed by atoms with Crippen molar-refractivity contribution in [3.63, 3.8) is 0 Å². The second kappa shape index (κ2) is 5.27. The lowest BCUT2D eigenvalue weighted by molar-refractivity contribution is 0.178. The number of aryl methyl sites for hydroxylation is 1. The Morgan fingerprint density at radius 2 is 1.67 bits per heavy atom. The Morgan fingerprint density at radius 1 is 1.00 bits per heavy atom. The van der Waals surface area contributed by atoms with E-state index >= 15 is 0 Å². The molecule has 1 atom stereocenters. The third kappa shape index (κ3) is 3.14. The van der Waals surface area contributed by atoms with Gasteiger partial charge in [0.2, 0.25) is 0 Å². The van der Waals surface area contributed by atoms with E-state index in [0.29, 0.717) is 12.0 Å². The molecule has 0 aliphatic heterocycles. The number of aliphatic hydroxyl groups excluding tert-OH is 1. The third-order valence-electron chi connectivity index (χ3n) is 2.79. The van der Waals surface area contributed by atoms with Crippen LogP contribution in [0.2, 0.25) is 0 Å². The molecule has 1 unspecified atom stereocenters. The van der Waals surface area contributed by atoms with Gasteiger partial charge in [-0.3, -0.25) is 0 Å². The van der Waals surface area contributed by atoms with Gasteiger partial charge in [0.1, 0.15) is 11.6 Å². The van der Waals surface area contributed by atoms with Crippen molar-refractivity contribution in [1.29, 1.82) is 0 Å². The molecule has 0 heterocycles. The van der Waals surface area contributed by atoms with E-state index in [1.165, 1.54) is 24.3 Å². The number of halogens is 2. The minimum absolute atomic E-state index is 0.310. The van der Waals surface area contributed by atoms with Crippen LogP contribution in [0.3, 0.4) is 0 Å². The van der Waals surface area contributed by atoms with E-state index in [4.69, 9.17) is 0 Å². The van der Waals surface area contributed by atoms with Crippen LogP contribution in [0.4, 0.5) is 8.78 Å². The highest BCUT2D eigenvalue weighted by Gasteiger charge is 2.10. The van der Waals surface area contributed by atoms with Crippen molar-refractivity contribution in [2.24, 2.45) is 0 Å². The molecule has 0 saturated carbocycles. The first-order chi connectivity index (χ1) is 8.54. The van der Waals surface area contributed by atoms with Crippen molar-refractivity contribution in [2.75, 3.05) is 0 Å². The van der Waals surface area contributed by atoms with Gasteiger partial charge in [-0.05, 0) is 47.9 Å². The zero-order chi connectivity index (χ0) is 13.1. The molecule has 1 nitrogen and oxygen atoms in total. The van der Waals surface area contributed by atoms with E-state index in [9.17, 15) is 13.9 Å². The summed E-state index contributed by atoms with van der Waals surface area (Å²) >= 11 is 0. The smallest absolute Gasteiger partial charge is 0.123 e. The lowest BCUT2D eigenvalue weighted by Crippen LogP contribution is -2.03. The zero-order valence-electron chi connectivity index (χ0n) is 10.0. The summed E-state index contributed by atoms with van der Waals surface area (Å²) in [4.78, 5) is 0. The Bertz CT molecular complexity index is 514. The molecule has 0 aromatic heterocycles. The van der Waals surface area contributed by atoms with Crippen LogP contribution in [0, 0.1) is 18.6 Å². The number of hydrogen-bond donors (Lipinski definition) is 1. The van der Waals surface area contributed by atoms with Gasteiger partial charge in [-0.25, -0.2) is 8.78 Å². The van der Waals surface area contributed by atoms with Gasteiger partial charge < -0.3 is 5.11 Å². The van der Waals surface area contributed by atoms with Crippen molar-refractivity contribution in [2.45, 2.75) is 19.4 Å². The van der Waals surface area contributed by atoms with Crippen molar-refractivity contribution in [3.05, 3.63) is 70.8 Å². The van der Waals surface area contributed by atoms with E-state index in [2.05, 4.69) is 0 Å². The highest BCUT2D eigenvalue weighted by molar-refractivity contribution is 5.27. The van der Waals surface area contributed by atoms with Gasteiger partial charge in [-0.2, -0.15) is 0 Å². The average molecular weight is 248 g/mol. The highest BCUT2D eigenvalue weighted by Crippen LogP contribution is 2.20. The summed E-state index contributed by atoms with van der Waals surface area (Å²) in [7, 11) is 0. The van der Waals surface area contributed by atoms with Gasteiger partial charge in [-0.1, -0.05) is 18.2 Å². The van der Waals surface area contributed by atoms with Crippen LogP contribution in [0.25, 0.3) is 0 Å². The van der Waals surface area contributed by atoms with E-state index in [1.54, 1.807) is 25.1 Å². The maximum absolute atomic E-state index is 13.2. The minimum atomic E-state index is -0.787. The quantitative estimate of drug-likeness (QED) is 0.880. The summed E-state index contributed by atoms with van der Waals surface area (Å²) in [5.41, 5.74) is 2.12. The molecular formula is C15H14F2O. The van der Waals surface area contributed by atoms with Crippen molar-refractivity contribution in [1.82, 2.24) is 0 Å². The van der Waals surface area contributed by atoms with E-state index in [-0.39, 0.29) is 11.6 Å². The second-order valence-corrected chi connectivity index (χ2v) is 4.41. The number of rotatable bonds is 3. The lowest BCUT2D eigenvalue weighted by atomic mass is 10.00. The fraction of sp³-hybridized carbons (Fsp3) is 0.200. The fourth-order valence-electron chi connectivity index (χ4n) is 1.92. The van der Waals surface area contributed by atoms with Crippen LogP contribution in [0.15, 0.2) is 42.5 Å². The number of hydrogen-bond acceptors (Lipinski definition) is 1. The molecule has 2 aromatic carbocycles. The summed E-state index contributed by atoms with van der Waals surface area (Å²) < 4.78 is 26.0. The van der Waals surface area contributed by atoms with Crippen LogP contribution >= 0.6 is 0 Å². The van der Waals surface area contributed by atoms with Crippen LogP contribution in [0.1, 0.15) is 22.8 Å². The second-order valence-electron chi connectivity index (χ2n) is 4.41. The third-order valence-corrected chi connectivity index (χ3v) is 2.79. The zero-order valence-corrected chi connectivity index (χ0v) is 10.0. The molecule has 0 aliphatic carbocycles. The molecule has 0 radical (unpaired) electrons. The predicted molar refractivity (Wildman–Crippen MR) is 66.2 cm³/mol. The molecule has 94 valence electrons. The van der Waals surface area contributed by atoms with Crippen LogP contribution in [-0.4, -0.2) is 5.11 Å². The first-order valence-electron chi connectivity index (χ1n) is 5.74. The van der Waals surface area contributed by atoms with Gasteiger partial charge in [0.25, 0.3) is 0 Å². The molecule has 2 aromatic rings. The topological polar surface area (TPSA) is 20.2 Å². The first-order valence-corrected chi connectivity index (χ1v) is 5.74. The van der Waals surface area contributed by atoms with Crippen molar-refractivity contribution >= 4 is 0 Å². The Hall–Kier alpha value is -1.74. The average Bonchev–Trinajstić information content (AvgIpc) is 2.31. The van der Waals surface area contributed by atoms with E-state index in [1.807, 2.05) is 0 Å². The Kier molecular flexibility index (Phi) is 3.72. The molecular weight excluding hydrogens is 234 g/mol. The summed E-state index contributed by atoms with van der Waals surface area (Å²) in [5.74, 6) is -0.669. The maximum atomic E-state index is 13.2. The Labute approximate surface area is 105 Å². The SMILES string of the molecule is Cc1cc(F)cc(C(O)Cc2ccc(F)cc2)c1. The summed E-state index contributed by atoms with van der Waals surface area (Å²) in [6.45, 7) is 1.77. The van der Waals surface area contributed by atoms with Crippen LogP contribution in [-0.2, 0) is 6.42 Å². The van der Waals surface area contributed by atoms with E-state index in [0.717, 1.165) is 11.1 Å². The standard InChI is InChI=1S/C15H14F2O/c1-10-6-12(9-14(17)7-10)15(18)8-11-2-4-13(16)5-3-11/h2-7,9,15,18H,8H2,1H3. The van der Waals surface area contributed by atoms with Gasteiger partial charge in [0.15, 0.2) is 0 Å². The van der Waals surface area contributed by atoms with Crippen LogP contribution < -0.4 is 0 Å². The normalized spacial score (nSPS) is 12.4. The molecule has 0 bridgehead atoms. The molecule has 0 aliphatic rings. The monoisotopic (exact) mass is 248 g/mol. The molecule has 0 fully saturated rings. The predicted octanol–water partition coefficient (Wildman–Crippen LogP) is 3.55. The van der Waals surface area contributed by atoms with Gasteiger partial charge in [0, 0.05) is 6.42 Å². The van der Waals surface area contributed by atoms with E-state index < -0.39 is 6.10 Å². The molecule has 3 heteroatoms. The maximum Gasteiger partial charge on any atom is 0.123 e. The fourth-order valence-corrected chi connectivity index (χ4v) is 1.92. The Balaban J connectivity index is 2.16. The van der Waals surface area contributed by atoms with Gasteiger partial charge in [-0.15, -0.1) is 0 Å². The summed E-state index contributed by atoms with van der Waals surface area (Å²) in [6.07, 6.45) is -0.451. The molecule has 18 heavy (non-hydrogen) atoms. The molecule has 0 saturated heterocycles. The summed E-state index contributed by atoms with van der Waals surface area (Å²) in [5, 5.41) is 10.0. The van der Waals surface area contributed by atoms with Gasteiger partial charge >= 0.3 is 0 Å². The van der Waals surface area contributed by atoms with Gasteiger partial charge in [0.05, 0.1) is 6.10 Å². The highest BCUT2D eigenvalue weighted by atomic mass is 19.1. The summed E-state index contributed by atoms with van der Waals surface area (Å²) in [6, 6.07) is 10.4. The minimum Gasteiger partial charge on any atom is -0.388 e. The first kappa shape index (κ1) is 12.7. The largest absolute Gasteiger partial charge is 0.388 e. The van der Waals surface area contributed by atoms with Crippen molar-refractivity contribution in [3.8, 4) is 0 Å². The lowest BCUT2D eigenvalue weighted by Gasteiger charge is -2.12. The van der Waals surface area contributed by atoms with Crippen LogP contribution in [0.5, 0.6) is 0 Å². The molecule has 1 N–H and O–H groups in total. The number of aliphatic hydroxyl groups is 1.